The Morgan fingerprint density at radius 1 is 1.00 bits per heavy atom. The summed E-state index contributed by atoms with van der Waals surface area (Å²) in [5.74, 6) is 0.317. The molecule has 1 aliphatic heterocycles. The summed E-state index contributed by atoms with van der Waals surface area (Å²) in [5.41, 5.74) is -0.582. The lowest BCUT2D eigenvalue weighted by Gasteiger charge is -2.45. The predicted molar refractivity (Wildman–Crippen MR) is 79.3 cm³/mol. The average molecular weight is 332 g/mol. The topological polar surface area (TPSA) is 120 Å². The molecule has 0 radical (unpaired) electrons. The second-order valence-corrected chi connectivity index (χ2v) is 8.01. The van der Waals surface area contributed by atoms with Gasteiger partial charge in [0, 0.05) is 5.41 Å². The first-order valence-corrected chi connectivity index (χ1v) is 8.28. The van der Waals surface area contributed by atoms with Crippen LogP contribution in [0.25, 0.3) is 0 Å². The fourth-order valence-electron chi connectivity index (χ4n) is 4.74. The first kappa shape index (κ1) is 17.5. The molecule has 0 aromatic rings. The van der Waals surface area contributed by atoms with Gasteiger partial charge in [-0.25, -0.2) is 0 Å². The molecule has 0 aromatic heterocycles. The molecule has 0 amide bonds. The Morgan fingerprint density at radius 2 is 1.65 bits per heavy atom. The molecule has 7 nitrogen and oxygen atoms in total. The molecule has 23 heavy (non-hydrogen) atoms. The molecule has 3 fully saturated rings. The van der Waals surface area contributed by atoms with Gasteiger partial charge in [-0.2, -0.15) is 0 Å². The van der Waals surface area contributed by atoms with Gasteiger partial charge in [0.2, 0.25) is 0 Å². The van der Waals surface area contributed by atoms with Crippen LogP contribution in [0.4, 0.5) is 0 Å². The lowest BCUT2D eigenvalue weighted by Crippen LogP contribution is -2.60. The van der Waals surface area contributed by atoms with Crippen LogP contribution in [0.3, 0.4) is 0 Å². The van der Waals surface area contributed by atoms with Gasteiger partial charge in [0.15, 0.2) is 6.29 Å². The quantitative estimate of drug-likeness (QED) is 0.449. The molecule has 3 aliphatic rings. The molecule has 1 heterocycles. The van der Waals surface area contributed by atoms with Crippen molar-refractivity contribution < 1.29 is 35.0 Å². The van der Waals surface area contributed by atoms with E-state index in [1.54, 1.807) is 0 Å². The van der Waals surface area contributed by atoms with Gasteiger partial charge in [-0.15, -0.1) is 0 Å². The highest BCUT2D eigenvalue weighted by atomic mass is 16.7. The van der Waals surface area contributed by atoms with Crippen molar-refractivity contribution in [3.05, 3.63) is 0 Å². The van der Waals surface area contributed by atoms with Crippen molar-refractivity contribution in [2.24, 2.45) is 16.7 Å². The summed E-state index contributed by atoms with van der Waals surface area (Å²) >= 11 is 0. The van der Waals surface area contributed by atoms with Gasteiger partial charge >= 0.3 is 0 Å². The Morgan fingerprint density at radius 3 is 2.17 bits per heavy atom. The van der Waals surface area contributed by atoms with Crippen LogP contribution in [-0.4, -0.2) is 75.1 Å². The zero-order valence-electron chi connectivity index (χ0n) is 13.8. The summed E-state index contributed by atoms with van der Waals surface area (Å²) < 4.78 is 11.4. The highest BCUT2D eigenvalue weighted by Crippen LogP contribution is 2.66. The maximum Gasteiger partial charge on any atom is 0.186 e. The molecule has 1 saturated heterocycles. The number of hydrogen-bond acceptors (Lipinski definition) is 7. The minimum atomic E-state index is -1.45. The number of aliphatic hydroxyl groups is 5. The highest BCUT2D eigenvalue weighted by Gasteiger charge is 2.67. The molecule has 2 saturated carbocycles. The third kappa shape index (κ3) is 2.29. The van der Waals surface area contributed by atoms with E-state index in [0.29, 0.717) is 5.92 Å². The molecule has 9 unspecified atom stereocenters. The van der Waals surface area contributed by atoms with Crippen LogP contribution in [0.15, 0.2) is 0 Å². The Hall–Kier alpha value is -0.280. The Labute approximate surface area is 135 Å². The van der Waals surface area contributed by atoms with Crippen LogP contribution < -0.4 is 0 Å². The lowest BCUT2D eigenvalue weighted by molar-refractivity contribution is -0.322. The van der Waals surface area contributed by atoms with Gasteiger partial charge in [-0.05, 0) is 24.2 Å². The van der Waals surface area contributed by atoms with E-state index in [0.717, 1.165) is 12.8 Å². The second kappa shape index (κ2) is 5.62. The number of fused-ring (bicyclic) bond motifs is 2. The van der Waals surface area contributed by atoms with E-state index >= 15 is 0 Å². The zero-order chi connectivity index (χ0) is 17.2. The summed E-state index contributed by atoms with van der Waals surface area (Å²) in [4.78, 5) is 0. The summed E-state index contributed by atoms with van der Waals surface area (Å²) in [7, 11) is 0. The van der Waals surface area contributed by atoms with Crippen molar-refractivity contribution >= 4 is 0 Å². The van der Waals surface area contributed by atoms with Crippen LogP contribution in [0.2, 0.25) is 0 Å². The van der Waals surface area contributed by atoms with Gasteiger partial charge in [-0.1, -0.05) is 20.8 Å². The molecule has 2 aliphatic carbocycles. The summed E-state index contributed by atoms with van der Waals surface area (Å²) in [6.45, 7) is 5.73. The van der Waals surface area contributed by atoms with E-state index in [9.17, 15) is 25.5 Å². The monoisotopic (exact) mass is 332 g/mol. The molecular weight excluding hydrogens is 304 g/mol. The van der Waals surface area contributed by atoms with Crippen LogP contribution in [0, 0.1) is 16.7 Å². The lowest BCUT2D eigenvalue weighted by atomic mass is 9.69. The van der Waals surface area contributed by atoms with E-state index in [-0.39, 0.29) is 11.5 Å². The standard InChI is InChI=1S/C16H28O7/c1-15(2)7-4-9(18)16(15,3)10(5-7)23-14-13(21)12(20)11(19)8(6-17)22-14/h7-14,17-21H,4-6H2,1-3H3. The van der Waals surface area contributed by atoms with Gasteiger partial charge in [0.1, 0.15) is 24.4 Å². The molecule has 9 atom stereocenters. The fourth-order valence-corrected chi connectivity index (χ4v) is 4.74. The molecule has 7 heteroatoms. The minimum Gasteiger partial charge on any atom is -0.394 e. The molecular formula is C16H28O7. The van der Waals surface area contributed by atoms with E-state index in [1.165, 1.54) is 0 Å². The number of aliphatic hydroxyl groups excluding tert-OH is 5. The minimum absolute atomic E-state index is 0.106. The van der Waals surface area contributed by atoms with E-state index < -0.39 is 48.8 Å². The molecule has 0 aromatic carbocycles. The fraction of sp³-hybridized carbons (Fsp3) is 1.00. The van der Waals surface area contributed by atoms with E-state index in [1.807, 2.05) is 6.92 Å². The van der Waals surface area contributed by atoms with Crippen LogP contribution in [0.1, 0.15) is 33.6 Å². The first-order chi connectivity index (χ1) is 10.6. The van der Waals surface area contributed by atoms with Crippen molar-refractivity contribution in [2.75, 3.05) is 6.61 Å². The first-order valence-electron chi connectivity index (χ1n) is 8.28. The predicted octanol–water partition coefficient (Wildman–Crippen LogP) is -1.01. The van der Waals surface area contributed by atoms with Gasteiger partial charge in [0.05, 0.1) is 18.8 Å². The Kier molecular flexibility index (Phi) is 4.29. The van der Waals surface area contributed by atoms with E-state index in [2.05, 4.69) is 13.8 Å². The second-order valence-electron chi connectivity index (χ2n) is 8.01. The average Bonchev–Trinajstić information content (AvgIpc) is 2.79. The molecule has 2 bridgehead atoms. The SMILES string of the molecule is CC1(C)C2CC(O)C1(C)C(OC1OC(CO)C(O)C(O)C1O)C2. The number of hydrogen-bond donors (Lipinski definition) is 5. The summed E-state index contributed by atoms with van der Waals surface area (Å²) in [5, 5.41) is 49.5. The smallest absolute Gasteiger partial charge is 0.186 e. The van der Waals surface area contributed by atoms with Crippen molar-refractivity contribution in [1.82, 2.24) is 0 Å². The maximum atomic E-state index is 10.5. The van der Waals surface area contributed by atoms with E-state index in [4.69, 9.17) is 9.47 Å². The van der Waals surface area contributed by atoms with Crippen molar-refractivity contribution in [3.63, 3.8) is 0 Å². The van der Waals surface area contributed by atoms with Gasteiger partial charge < -0.3 is 35.0 Å². The number of rotatable bonds is 3. The maximum absolute atomic E-state index is 10.5. The molecule has 5 N–H and O–H groups in total. The Bertz CT molecular complexity index is 454. The van der Waals surface area contributed by atoms with Crippen LogP contribution in [-0.2, 0) is 9.47 Å². The summed E-state index contributed by atoms with van der Waals surface area (Å²) in [6.07, 6.45) is -5.72. The Balaban J connectivity index is 1.77. The van der Waals surface area contributed by atoms with Gasteiger partial charge in [0.25, 0.3) is 0 Å². The molecule has 134 valence electrons. The normalized spacial score (nSPS) is 55.3. The largest absolute Gasteiger partial charge is 0.394 e. The van der Waals surface area contributed by atoms with Crippen molar-refractivity contribution in [2.45, 2.75) is 76.5 Å². The van der Waals surface area contributed by atoms with Crippen molar-refractivity contribution in [3.8, 4) is 0 Å². The highest BCUT2D eigenvalue weighted by molar-refractivity contribution is 5.15. The molecule has 3 rings (SSSR count). The summed E-state index contributed by atoms with van der Waals surface area (Å²) in [6, 6.07) is 0. The van der Waals surface area contributed by atoms with Crippen LogP contribution in [0.5, 0.6) is 0 Å². The molecule has 0 spiro atoms. The number of ether oxygens (including phenoxy) is 2. The third-order valence-corrected chi connectivity index (χ3v) is 6.92. The van der Waals surface area contributed by atoms with Crippen molar-refractivity contribution in [1.29, 1.82) is 0 Å². The third-order valence-electron chi connectivity index (χ3n) is 6.92. The van der Waals surface area contributed by atoms with Crippen LogP contribution >= 0.6 is 0 Å². The zero-order valence-corrected chi connectivity index (χ0v) is 13.8. The van der Waals surface area contributed by atoms with Gasteiger partial charge in [-0.3, -0.25) is 0 Å².